The third-order valence-corrected chi connectivity index (χ3v) is 5.91. The largest absolute Gasteiger partial charge is 0.313 e. The van der Waals surface area contributed by atoms with E-state index in [-0.39, 0.29) is 0 Å². The molecule has 1 aliphatic rings. The van der Waals surface area contributed by atoms with Crippen molar-refractivity contribution in [3.63, 3.8) is 0 Å². The summed E-state index contributed by atoms with van der Waals surface area (Å²) in [4.78, 5) is 0. The molecular formula is C17H30BrN3. The van der Waals surface area contributed by atoms with E-state index in [0.29, 0.717) is 6.04 Å². The van der Waals surface area contributed by atoms with Gasteiger partial charge < -0.3 is 5.32 Å². The van der Waals surface area contributed by atoms with Gasteiger partial charge in [-0.3, -0.25) is 4.68 Å². The molecule has 0 spiro atoms. The van der Waals surface area contributed by atoms with Crippen LogP contribution in [0.1, 0.15) is 57.3 Å². The Morgan fingerprint density at radius 3 is 2.76 bits per heavy atom. The smallest absolute Gasteiger partial charge is 0.0738 e. The summed E-state index contributed by atoms with van der Waals surface area (Å²) in [6, 6.07) is 0.582. The molecule has 0 aliphatic heterocycles. The molecule has 1 heterocycles. The fourth-order valence-corrected chi connectivity index (χ4v) is 4.19. The first kappa shape index (κ1) is 17.0. The van der Waals surface area contributed by atoms with Crippen molar-refractivity contribution in [2.24, 2.45) is 18.9 Å². The summed E-state index contributed by atoms with van der Waals surface area (Å²) in [5.74, 6) is 1.69. The Morgan fingerprint density at radius 1 is 1.43 bits per heavy atom. The van der Waals surface area contributed by atoms with E-state index in [0.717, 1.165) is 30.5 Å². The third kappa shape index (κ3) is 4.32. The van der Waals surface area contributed by atoms with Crippen LogP contribution >= 0.6 is 15.9 Å². The van der Waals surface area contributed by atoms with Crippen molar-refractivity contribution in [3.05, 3.63) is 15.9 Å². The highest BCUT2D eigenvalue weighted by Crippen LogP contribution is 2.33. The lowest BCUT2D eigenvalue weighted by atomic mass is 9.77. The lowest BCUT2D eigenvalue weighted by Gasteiger charge is -2.34. The second-order valence-electron chi connectivity index (χ2n) is 6.77. The molecule has 1 aromatic rings. The maximum absolute atomic E-state index is 4.55. The van der Waals surface area contributed by atoms with Gasteiger partial charge >= 0.3 is 0 Å². The quantitative estimate of drug-likeness (QED) is 0.827. The molecule has 3 nitrogen and oxygen atoms in total. The van der Waals surface area contributed by atoms with Crippen molar-refractivity contribution in [1.29, 1.82) is 0 Å². The van der Waals surface area contributed by atoms with Gasteiger partial charge in [-0.15, -0.1) is 0 Å². The number of hydrogen-bond donors (Lipinski definition) is 1. The van der Waals surface area contributed by atoms with E-state index >= 15 is 0 Å². The molecule has 21 heavy (non-hydrogen) atoms. The zero-order chi connectivity index (χ0) is 15.4. The van der Waals surface area contributed by atoms with Crippen molar-refractivity contribution in [2.75, 3.05) is 6.54 Å². The van der Waals surface area contributed by atoms with E-state index < -0.39 is 0 Å². The average Bonchev–Trinajstić information content (AvgIpc) is 2.69. The first-order valence-electron chi connectivity index (χ1n) is 8.44. The lowest BCUT2D eigenvalue weighted by Crippen LogP contribution is -2.41. The van der Waals surface area contributed by atoms with Crippen LogP contribution in [0.25, 0.3) is 0 Å². The number of nitrogens with zero attached hydrogens (tertiary/aromatic N) is 2. The number of aryl methyl sites for hydroxylation is 2. The molecule has 1 aliphatic carbocycles. The maximum atomic E-state index is 4.55. The van der Waals surface area contributed by atoms with Crippen molar-refractivity contribution in [1.82, 2.24) is 15.1 Å². The third-order valence-electron chi connectivity index (χ3n) is 4.88. The van der Waals surface area contributed by atoms with Crippen molar-refractivity contribution in [3.8, 4) is 0 Å². The van der Waals surface area contributed by atoms with E-state index in [9.17, 15) is 0 Å². The standard InChI is InChI=1S/C17H30BrN3/c1-5-9-19-15(14-8-6-7-12(2)10-14)11-16-17(18)13(3)20-21(16)4/h12,14-15,19H,5-11H2,1-4H3. The minimum absolute atomic E-state index is 0.582. The van der Waals surface area contributed by atoms with Crippen LogP contribution in [-0.4, -0.2) is 22.4 Å². The van der Waals surface area contributed by atoms with Gasteiger partial charge in [0, 0.05) is 19.5 Å². The fraction of sp³-hybridized carbons (Fsp3) is 0.824. The highest BCUT2D eigenvalue weighted by atomic mass is 79.9. The van der Waals surface area contributed by atoms with E-state index in [2.05, 4.69) is 54.2 Å². The molecule has 1 N–H and O–H groups in total. The number of hydrogen-bond acceptors (Lipinski definition) is 2. The second kappa shape index (κ2) is 7.77. The molecule has 120 valence electrons. The van der Waals surface area contributed by atoms with Gasteiger partial charge in [-0.2, -0.15) is 5.10 Å². The van der Waals surface area contributed by atoms with Gasteiger partial charge in [0.1, 0.15) is 0 Å². The monoisotopic (exact) mass is 355 g/mol. The average molecular weight is 356 g/mol. The summed E-state index contributed by atoms with van der Waals surface area (Å²) in [7, 11) is 2.06. The Balaban J connectivity index is 2.11. The minimum Gasteiger partial charge on any atom is -0.313 e. The van der Waals surface area contributed by atoms with Crippen molar-refractivity contribution < 1.29 is 0 Å². The van der Waals surface area contributed by atoms with Gasteiger partial charge in [-0.25, -0.2) is 0 Å². The lowest BCUT2D eigenvalue weighted by molar-refractivity contribution is 0.219. The zero-order valence-electron chi connectivity index (χ0n) is 14.0. The van der Waals surface area contributed by atoms with Gasteiger partial charge in [0.15, 0.2) is 0 Å². The molecule has 3 unspecified atom stereocenters. The number of rotatable bonds is 6. The van der Waals surface area contributed by atoms with Crippen molar-refractivity contribution >= 4 is 15.9 Å². The van der Waals surface area contributed by atoms with E-state index in [1.165, 1.54) is 42.3 Å². The van der Waals surface area contributed by atoms with E-state index in [1.807, 2.05) is 4.68 Å². The first-order chi connectivity index (χ1) is 10.0. The van der Waals surface area contributed by atoms with Crippen LogP contribution in [0.3, 0.4) is 0 Å². The summed E-state index contributed by atoms with van der Waals surface area (Å²) in [6.07, 6.45) is 7.82. The van der Waals surface area contributed by atoms with Crippen molar-refractivity contribution in [2.45, 2.75) is 65.3 Å². The molecule has 4 heteroatoms. The second-order valence-corrected chi connectivity index (χ2v) is 7.56. The predicted molar refractivity (Wildman–Crippen MR) is 92.6 cm³/mol. The molecule has 0 radical (unpaired) electrons. The molecule has 3 atom stereocenters. The highest BCUT2D eigenvalue weighted by Gasteiger charge is 2.28. The van der Waals surface area contributed by atoms with Crippen LogP contribution in [0.5, 0.6) is 0 Å². The summed E-state index contributed by atoms with van der Waals surface area (Å²) < 4.78 is 3.24. The number of halogens is 1. The maximum Gasteiger partial charge on any atom is 0.0738 e. The number of nitrogens with one attached hydrogen (secondary N) is 1. The van der Waals surface area contributed by atoms with E-state index in [4.69, 9.17) is 0 Å². The summed E-state index contributed by atoms with van der Waals surface area (Å²) >= 11 is 3.72. The summed E-state index contributed by atoms with van der Waals surface area (Å²) in [6.45, 7) is 7.85. The number of aromatic nitrogens is 2. The molecule has 2 rings (SSSR count). The van der Waals surface area contributed by atoms with E-state index in [1.54, 1.807) is 0 Å². The highest BCUT2D eigenvalue weighted by molar-refractivity contribution is 9.10. The van der Waals surface area contributed by atoms with Crippen LogP contribution in [0.2, 0.25) is 0 Å². The van der Waals surface area contributed by atoms with Gasteiger partial charge in [0.05, 0.1) is 15.9 Å². The molecule has 0 saturated heterocycles. The zero-order valence-corrected chi connectivity index (χ0v) is 15.5. The Hall–Kier alpha value is -0.350. The van der Waals surface area contributed by atoms with Gasteiger partial charge in [0.2, 0.25) is 0 Å². The molecule has 0 amide bonds. The Bertz CT molecular complexity index is 455. The van der Waals surface area contributed by atoms with Gasteiger partial charge in [0.25, 0.3) is 0 Å². The predicted octanol–water partition coefficient (Wildman–Crippen LogP) is 4.23. The van der Waals surface area contributed by atoms with Crippen LogP contribution in [0.15, 0.2) is 4.47 Å². The minimum atomic E-state index is 0.582. The van der Waals surface area contributed by atoms with Crippen LogP contribution in [0.4, 0.5) is 0 Å². The normalized spacial score (nSPS) is 24.2. The van der Waals surface area contributed by atoms with Crippen LogP contribution in [0, 0.1) is 18.8 Å². The molecule has 0 aromatic carbocycles. The molecule has 0 bridgehead atoms. The molecular weight excluding hydrogens is 326 g/mol. The first-order valence-corrected chi connectivity index (χ1v) is 9.23. The molecule has 1 saturated carbocycles. The molecule has 1 fully saturated rings. The summed E-state index contributed by atoms with van der Waals surface area (Å²) in [5, 5.41) is 8.36. The Kier molecular flexibility index (Phi) is 6.30. The fourth-order valence-electron chi connectivity index (χ4n) is 3.69. The SMILES string of the molecule is CCCNC(Cc1c(Br)c(C)nn1C)C1CCCC(C)C1. The Labute approximate surface area is 138 Å². The van der Waals surface area contributed by atoms with Gasteiger partial charge in [-0.1, -0.05) is 26.7 Å². The van der Waals surface area contributed by atoms with Crippen LogP contribution in [-0.2, 0) is 13.5 Å². The summed E-state index contributed by atoms with van der Waals surface area (Å²) in [5.41, 5.74) is 2.43. The topological polar surface area (TPSA) is 29.9 Å². The Morgan fingerprint density at radius 2 is 2.19 bits per heavy atom. The van der Waals surface area contributed by atoms with Crippen LogP contribution < -0.4 is 5.32 Å². The molecule has 1 aromatic heterocycles. The van der Waals surface area contributed by atoms with Gasteiger partial charge in [-0.05, 0) is 60.5 Å².